The minimum Gasteiger partial charge on any atom is -0.465 e. The lowest BCUT2D eigenvalue weighted by molar-refractivity contribution is -0.155. The first-order chi connectivity index (χ1) is 21.7. The van der Waals surface area contributed by atoms with Gasteiger partial charge in [-0.05, 0) is 51.9 Å². The van der Waals surface area contributed by atoms with Crippen LogP contribution in [0.15, 0.2) is 60.8 Å². The van der Waals surface area contributed by atoms with Crippen LogP contribution in [0.2, 0.25) is 0 Å². The van der Waals surface area contributed by atoms with Crippen LogP contribution < -0.4 is 5.32 Å². The van der Waals surface area contributed by atoms with Crippen LogP contribution in [-0.4, -0.2) is 44.0 Å². The minimum atomic E-state index is -0.784. The maximum atomic E-state index is 12.4. The van der Waals surface area contributed by atoms with Gasteiger partial charge in [-0.25, -0.2) is 0 Å². The van der Waals surface area contributed by atoms with Crippen molar-refractivity contribution in [3.8, 4) is 0 Å². The number of amides is 1. The van der Waals surface area contributed by atoms with Crippen molar-refractivity contribution < 1.29 is 23.9 Å². The van der Waals surface area contributed by atoms with E-state index in [-0.39, 0.29) is 37.2 Å². The molecule has 0 aliphatic carbocycles. The minimum absolute atomic E-state index is 0.00652. The van der Waals surface area contributed by atoms with Crippen LogP contribution >= 0.6 is 0 Å². The number of carbonyl (C=O) groups is 3. The first-order valence-corrected chi connectivity index (χ1v) is 17.4. The predicted molar refractivity (Wildman–Crippen MR) is 193 cm³/mol. The van der Waals surface area contributed by atoms with Gasteiger partial charge in [-0.15, -0.1) is 0 Å². The van der Waals surface area contributed by atoms with Crippen LogP contribution in [0.1, 0.15) is 139 Å². The number of ketones is 1. The molecule has 260 valence electrons. The Morgan fingerprint density at radius 2 is 1.18 bits per heavy atom. The second-order valence-corrected chi connectivity index (χ2v) is 11.3. The summed E-state index contributed by atoms with van der Waals surface area (Å²) in [7, 11) is 1.45. The molecule has 0 bridgehead atoms. The number of nitrogens with one attached hydrogen (secondary N) is 1. The molecule has 0 radical (unpaired) electrons. The van der Waals surface area contributed by atoms with Gasteiger partial charge < -0.3 is 14.8 Å². The van der Waals surface area contributed by atoms with Crippen LogP contribution in [0.4, 0.5) is 0 Å². The highest BCUT2D eigenvalue weighted by molar-refractivity contribution is 5.82. The van der Waals surface area contributed by atoms with E-state index >= 15 is 0 Å². The zero-order chi connectivity index (χ0) is 34.6. The Labute approximate surface area is 277 Å². The lowest BCUT2D eigenvalue weighted by Gasteiger charge is -2.31. The third kappa shape index (κ3) is 34.0. The number of hydrogen-bond acceptors (Lipinski definition) is 5. The van der Waals surface area contributed by atoms with Crippen molar-refractivity contribution in [3.05, 3.63) is 60.8 Å². The fraction of sp³-hybridized carbons (Fsp3) is 0.667. The van der Waals surface area contributed by atoms with E-state index in [0.29, 0.717) is 12.8 Å². The summed E-state index contributed by atoms with van der Waals surface area (Å²) >= 11 is 0. The van der Waals surface area contributed by atoms with Crippen molar-refractivity contribution in [2.75, 3.05) is 20.3 Å². The summed E-state index contributed by atoms with van der Waals surface area (Å²) in [5.41, 5.74) is -0.700. The van der Waals surface area contributed by atoms with Crippen LogP contribution in [0.5, 0.6) is 0 Å². The standard InChI is InChI=1S/C31H49NO5.C6H14.C2H6/c1-6-7-8-9-10-11-12-13-14-15-16-17-18-19-20-21-22-23-28(34)37-26-31(3,4)29(36-5)30(35)32-25-24-27(2)33;1-3-5-6-4-2;1-2/h7-8,10-11,13-14,16-17,19-20,29H,6,9,12,15,18,21-26H2,1-5H3,(H,32,35);3-6H2,1-2H3;1-2H3/b8-7-,11-10-,14-13-,17-16-,20-19-;;/t29-;;/m0../s1. The number of esters is 1. The summed E-state index contributed by atoms with van der Waals surface area (Å²) in [5, 5.41) is 2.70. The summed E-state index contributed by atoms with van der Waals surface area (Å²) in [4.78, 5) is 35.6. The molecule has 0 aliphatic rings. The largest absolute Gasteiger partial charge is 0.465 e. The van der Waals surface area contributed by atoms with E-state index in [9.17, 15) is 14.4 Å². The molecule has 6 heteroatoms. The molecule has 0 aromatic rings. The Balaban J connectivity index is -0.00000195. The topological polar surface area (TPSA) is 81.7 Å². The van der Waals surface area contributed by atoms with E-state index < -0.39 is 11.5 Å². The lowest BCUT2D eigenvalue weighted by Crippen LogP contribution is -2.47. The maximum Gasteiger partial charge on any atom is 0.305 e. The van der Waals surface area contributed by atoms with Crippen LogP contribution in [0.25, 0.3) is 0 Å². The van der Waals surface area contributed by atoms with E-state index in [2.05, 4.69) is 86.8 Å². The second kappa shape index (κ2) is 35.7. The van der Waals surface area contributed by atoms with Crippen molar-refractivity contribution in [2.24, 2.45) is 5.41 Å². The first-order valence-electron chi connectivity index (χ1n) is 17.4. The number of rotatable bonds is 24. The van der Waals surface area contributed by atoms with E-state index in [4.69, 9.17) is 9.47 Å². The summed E-state index contributed by atoms with van der Waals surface area (Å²) in [6.45, 7) is 16.0. The molecule has 0 aromatic heterocycles. The Kier molecular flexibility index (Phi) is 37.1. The molecule has 6 nitrogen and oxygen atoms in total. The Morgan fingerprint density at radius 1 is 0.711 bits per heavy atom. The first kappa shape index (κ1) is 46.7. The highest BCUT2D eigenvalue weighted by atomic mass is 16.5. The lowest BCUT2D eigenvalue weighted by atomic mass is 9.86. The molecule has 0 aromatic carbocycles. The Hall–Kier alpha value is -2.73. The van der Waals surface area contributed by atoms with Crippen molar-refractivity contribution in [2.45, 2.75) is 145 Å². The molecule has 0 aliphatic heterocycles. The fourth-order valence-electron chi connectivity index (χ4n) is 3.88. The van der Waals surface area contributed by atoms with Gasteiger partial charge in [-0.3, -0.25) is 14.4 Å². The number of carbonyl (C=O) groups excluding carboxylic acids is 3. The molecule has 0 spiro atoms. The number of hydrogen-bond donors (Lipinski definition) is 1. The van der Waals surface area contributed by atoms with Gasteiger partial charge in [-0.2, -0.15) is 0 Å². The molecule has 0 unspecified atom stereocenters. The third-order valence-corrected chi connectivity index (χ3v) is 6.43. The number of unbranched alkanes of at least 4 members (excludes halogenated alkanes) is 4. The van der Waals surface area contributed by atoms with Crippen LogP contribution in [0.3, 0.4) is 0 Å². The van der Waals surface area contributed by atoms with Gasteiger partial charge in [0.1, 0.15) is 11.9 Å². The Morgan fingerprint density at radius 3 is 1.60 bits per heavy atom. The second-order valence-electron chi connectivity index (χ2n) is 11.3. The average Bonchev–Trinajstić information content (AvgIpc) is 3.02. The summed E-state index contributed by atoms with van der Waals surface area (Å²) in [5.74, 6) is -0.595. The van der Waals surface area contributed by atoms with Gasteiger partial charge in [-0.1, -0.05) is 135 Å². The number of allylic oxidation sites excluding steroid dienone is 10. The highest BCUT2D eigenvalue weighted by Gasteiger charge is 2.36. The summed E-state index contributed by atoms with van der Waals surface area (Å²) in [6, 6.07) is 0. The van der Waals surface area contributed by atoms with E-state index in [0.717, 1.165) is 38.5 Å². The van der Waals surface area contributed by atoms with Gasteiger partial charge in [0.15, 0.2) is 0 Å². The molecule has 1 amide bonds. The summed E-state index contributed by atoms with van der Waals surface area (Å²) in [6.07, 6.45) is 33.4. The van der Waals surface area contributed by atoms with Gasteiger partial charge in [0.25, 0.3) is 0 Å². The third-order valence-electron chi connectivity index (χ3n) is 6.43. The van der Waals surface area contributed by atoms with E-state index in [1.54, 1.807) is 0 Å². The molecule has 1 atom stereocenters. The van der Waals surface area contributed by atoms with Crippen molar-refractivity contribution in [1.29, 1.82) is 0 Å². The Bertz CT molecular complexity index is 847. The van der Waals surface area contributed by atoms with Crippen molar-refractivity contribution >= 4 is 17.7 Å². The van der Waals surface area contributed by atoms with Gasteiger partial charge in [0, 0.05) is 31.9 Å². The maximum absolute atomic E-state index is 12.4. The highest BCUT2D eigenvalue weighted by Crippen LogP contribution is 2.24. The van der Waals surface area contributed by atoms with Crippen molar-refractivity contribution in [3.63, 3.8) is 0 Å². The number of Topliss-reactive ketones (excluding diaryl/α,β-unsaturated/α-hetero) is 1. The zero-order valence-corrected chi connectivity index (χ0v) is 30.5. The molecule has 45 heavy (non-hydrogen) atoms. The van der Waals surface area contributed by atoms with Crippen molar-refractivity contribution in [1.82, 2.24) is 5.32 Å². The SMILES string of the molecule is CC.CC/C=C\C/C=C\C/C=C\C/C=C\C/C=C\CCCC(=O)OCC(C)(C)[C@@H](OC)C(=O)NCCC(C)=O.CCCCCC. The van der Waals surface area contributed by atoms with Gasteiger partial charge >= 0.3 is 5.97 Å². The molecule has 0 saturated heterocycles. The zero-order valence-electron chi connectivity index (χ0n) is 30.5. The normalized spacial score (nSPS) is 12.4. The molecule has 0 rings (SSSR count). The summed E-state index contributed by atoms with van der Waals surface area (Å²) < 4.78 is 10.8. The van der Waals surface area contributed by atoms with E-state index in [1.807, 2.05) is 27.7 Å². The molecule has 1 N–H and O–H groups in total. The molecule has 0 fully saturated rings. The molecular weight excluding hydrogens is 562 g/mol. The average molecular weight is 632 g/mol. The van der Waals surface area contributed by atoms with Gasteiger partial charge in [0.05, 0.1) is 6.61 Å². The number of ether oxygens (including phenoxy) is 2. The predicted octanol–water partition coefficient (Wildman–Crippen LogP) is 10.2. The smallest absolute Gasteiger partial charge is 0.305 e. The number of methoxy groups -OCH3 is 1. The van der Waals surface area contributed by atoms with E-state index in [1.165, 1.54) is 39.7 Å². The van der Waals surface area contributed by atoms with Gasteiger partial charge in [0.2, 0.25) is 5.91 Å². The molecular formula is C39H69NO5. The fourth-order valence-corrected chi connectivity index (χ4v) is 3.88. The monoisotopic (exact) mass is 632 g/mol. The van der Waals surface area contributed by atoms with Crippen LogP contribution in [0, 0.1) is 5.41 Å². The quantitative estimate of drug-likeness (QED) is 0.0651. The molecule has 0 saturated carbocycles. The molecule has 0 heterocycles. The van der Waals surface area contributed by atoms with Crippen LogP contribution in [-0.2, 0) is 23.9 Å².